The van der Waals surface area contributed by atoms with Gasteiger partial charge in [0.1, 0.15) is 0 Å². The Kier molecular flexibility index (Phi) is 6.62. The number of piperidine rings is 1. The lowest BCUT2D eigenvalue weighted by Gasteiger charge is -2.42. The monoisotopic (exact) mass is 465 g/mol. The van der Waals surface area contributed by atoms with Crippen LogP contribution in [0.4, 0.5) is 13.2 Å². The van der Waals surface area contributed by atoms with Gasteiger partial charge in [0.25, 0.3) is 0 Å². The van der Waals surface area contributed by atoms with Crippen molar-refractivity contribution in [3.8, 4) is 0 Å². The molecule has 184 valence electrons. The smallest absolute Gasteiger partial charge is 0.394 e. The first kappa shape index (κ1) is 24.6. The largest absolute Gasteiger partial charge is 0.416 e. The molecule has 1 aliphatic carbocycles. The molecule has 1 aliphatic heterocycles. The molecule has 4 rings (SSSR count). The lowest BCUT2D eigenvalue weighted by atomic mass is 9.73. The van der Waals surface area contributed by atoms with Crippen LogP contribution in [0.15, 0.2) is 18.2 Å². The van der Waals surface area contributed by atoms with Gasteiger partial charge < -0.3 is 20.3 Å². The summed E-state index contributed by atoms with van der Waals surface area (Å²) in [4.78, 5) is 5.95. The summed E-state index contributed by atoms with van der Waals surface area (Å²) in [5, 5.41) is 13.7. The number of nitrogens with zero attached hydrogens (tertiary/aromatic N) is 1. The molecule has 2 aliphatic rings. The van der Waals surface area contributed by atoms with Crippen LogP contribution in [0.1, 0.15) is 57.4 Å². The molecule has 2 aromatic rings. The number of aromatic nitrogens is 1. The number of rotatable bonds is 7. The van der Waals surface area contributed by atoms with Gasteiger partial charge in [0, 0.05) is 35.2 Å². The van der Waals surface area contributed by atoms with Crippen LogP contribution in [0, 0.1) is 17.3 Å². The number of aliphatic hydroxyl groups is 1. The van der Waals surface area contributed by atoms with Gasteiger partial charge in [-0.15, -0.1) is 0 Å². The van der Waals surface area contributed by atoms with Gasteiger partial charge in [-0.3, -0.25) is 0 Å². The highest BCUT2D eigenvalue weighted by Crippen LogP contribution is 2.40. The van der Waals surface area contributed by atoms with Crippen molar-refractivity contribution in [1.29, 1.82) is 0 Å². The van der Waals surface area contributed by atoms with Crippen molar-refractivity contribution in [1.82, 2.24) is 15.2 Å². The summed E-state index contributed by atoms with van der Waals surface area (Å²) in [6.45, 7) is 12.6. The van der Waals surface area contributed by atoms with Crippen molar-refractivity contribution < 1.29 is 18.3 Å². The second-order valence-electron chi connectivity index (χ2n) is 11.7. The highest BCUT2D eigenvalue weighted by molar-refractivity contribution is 5.85. The summed E-state index contributed by atoms with van der Waals surface area (Å²) in [7, 11) is 0. The fourth-order valence-electron chi connectivity index (χ4n) is 5.35. The normalized spacial score (nSPS) is 22.4. The Morgan fingerprint density at radius 3 is 2.58 bits per heavy atom. The van der Waals surface area contributed by atoms with E-state index in [0.717, 1.165) is 74.0 Å². The third-order valence-corrected chi connectivity index (χ3v) is 7.78. The number of fused-ring (bicyclic) bond motifs is 4. The highest BCUT2D eigenvalue weighted by Gasteiger charge is 2.37. The van der Waals surface area contributed by atoms with Crippen molar-refractivity contribution in [2.75, 3.05) is 32.8 Å². The molecule has 3 N–H and O–H groups in total. The summed E-state index contributed by atoms with van der Waals surface area (Å²) in [5.41, 5.74) is 2.33. The molecular formula is C26H38F3N3O. The molecular weight excluding hydrogens is 427 g/mol. The Morgan fingerprint density at radius 2 is 1.88 bits per heavy atom. The van der Waals surface area contributed by atoms with Crippen LogP contribution in [0.5, 0.6) is 0 Å². The van der Waals surface area contributed by atoms with Crippen molar-refractivity contribution in [2.24, 2.45) is 17.3 Å². The van der Waals surface area contributed by atoms with Crippen molar-refractivity contribution >= 4 is 10.9 Å². The van der Waals surface area contributed by atoms with E-state index in [1.807, 2.05) is 13.8 Å². The number of aliphatic hydroxyl groups excluding tert-OH is 1. The van der Waals surface area contributed by atoms with E-state index in [4.69, 9.17) is 0 Å². The van der Waals surface area contributed by atoms with E-state index in [2.05, 4.69) is 29.0 Å². The molecule has 33 heavy (non-hydrogen) atoms. The average molecular weight is 466 g/mol. The molecule has 2 atom stereocenters. The van der Waals surface area contributed by atoms with Crippen LogP contribution >= 0.6 is 0 Å². The SMILES string of the molecule is CC(C)(CCN1CC[C@@H]2Cc3[nH]c4ccc(C(F)(F)F)cc4c3C[C@H]2C1)CNC(C)(C)CO. The van der Waals surface area contributed by atoms with Crippen LogP contribution in [0.2, 0.25) is 0 Å². The first-order valence-electron chi connectivity index (χ1n) is 12.2. The zero-order valence-corrected chi connectivity index (χ0v) is 20.3. The first-order valence-corrected chi connectivity index (χ1v) is 12.2. The Morgan fingerprint density at radius 1 is 1.12 bits per heavy atom. The Labute approximate surface area is 194 Å². The van der Waals surface area contributed by atoms with E-state index < -0.39 is 11.7 Å². The number of hydrogen-bond acceptors (Lipinski definition) is 3. The molecule has 0 radical (unpaired) electrons. The maximum absolute atomic E-state index is 13.3. The predicted octanol–water partition coefficient (Wildman–Crippen LogP) is 5.00. The van der Waals surface area contributed by atoms with Crippen LogP contribution < -0.4 is 5.32 Å². The molecule has 1 aromatic carbocycles. The fraction of sp³-hybridized carbons (Fsp3) is 0.692. The topological polar surface area (TPSA) is 51.3 Å². The van der Waals surface area contributed by atoms with Crippen LogP contribution in [0.3, 0.4) is 0 Å². The van der Waals surface area contributed by atoms with E-state index >= 15 is 0 Å². The van der Waals surface area contributed by atoms with Crippen LogP contribution in [-0.4, -0.2) is 53.3 Å². The molecule has 0 spiro atoms. The van der Waals surface area contributed by atoms with Gasteiger partial charge in [-0.05, 0) is 93.6 Å². The van der Waals surface area contributed by atoms with E-state index in [0.29, 0.717) is 11.8 Å². The van der Waals surface area contributed by atoms with E-state index in [9.17, 15) is 18.3 Å². The lowest BCUT2D eigenvalue weighted by molar-refractivity contribution is -0.137. The molecule has 7 heteroatoms. The maximum atomic E-state index is 13.3. The van der Waals surface area contributed by atoms with E-state index in [1.54, 1.807) is 6.07 Å². The summed E-state index contributed by atoms with van der Waals surface area (Å²) < 4.78 is 39.8. The minimum Gasteiger partial charge on any atom is -0.394 e. The second-order valence-corrected chi connectivity index (χ2v) is 11.7. The van der Waals surface area contributed by atoms with Crippen LogP contribution in [0.25, 0.3) is 10.9 Å². The van der Waals surface area contributed by atoms with E-state index in [1.165, 1.54) is 12.1 Å². The van der Waals surface area contributed by atoms with Gasteiger partial charge in [-0.1, -0.05) is 13.8 Å². The van der Waals surface area contributed by atoms with Gasteiger partial charge >= 0.3 is 6.18 Å². The lowest BCUT2D eigenvalue weighted by Crippen LogP contribution is -2.48. The number of alkyl halides is 3. The van der Waals surface area contributed by atoms with Gasteiger partial charge in [0.2, 0.25) is 0 Å². The number of H-pyrrole nitrogens is 1. The molecule has 0 unspecified atom stereocenters. The predicted molar refractivity (Wildman–Crippen MR) is 126 cm³/mol. The molecule has 1 aromatic heterocycles. The third-order valence-electron chi connectivity index (χ3n) is 7.78. The first-order chi connectivity index (χ1) is 15.4. The number of benzene rings is 1. The number of aromatic amines is 1. The molecule has 0 saturated carbocycles. The summed E-state index contributed by atoms with van der Waals surface area (Å²) >= 11 is 0. The van der Waals surface area contributed by atoms with Crippen LogP contribution in [-0.2, 0) is 19.0 Å². The quantitative estimate of drug-likeness (QED) is 0.539. The third kappa shape index (κ3) is 5.57. The number of hydrogen-bond donors (Lipinski definition) is 3. The molecule has 1 fully saturated rings. The minimum atomic E-state index is -4.31. The second kappa shape index (κ2) is 8.90. The number of likely N-dealkylation sites (tertiary alicyclic amines) is 1. The van der Waals surface area contributed by atoms with Crippen molar-refractivity contribution in [3.63, 3.8) is 0 Å². The van der Waals surface area contributed by atoms with Crippen molar-refractivity contribution in [3.05, 3.63) is 35.0 Å². The maximum Gasteiger partial charge on any atom is 0.416 e. The zero-order valence-electron chi connectivity index (χ0n) is 20.3. The molecule has 0 amide bonds. The Hall–Kier alpha value is -1.57. The van der Waals surface area contributed by atoms with Gasteiger partial charge in [0.15, 0.2) is 0 Å². The molecule has 1 saturated heterocycles. The molecule has 2 heterocycles. The summed E-state index contributed by atoms with van der Waals surface area (Å²) in [6, 6.07) is 4.09. The molecule has 4 nitrogen and oxygen atoms in total. The van der Waals surface area contributed by atoms with Gasteiger partial charge in [0.05, 0.1) is 12.2 Å². The summed E-state index contributed by atoms with van der Waals surface area (Å²) in [6.07, 6.45) is -0.316. The van der Waals surface area contributed by atoms with Gasteiger partial charge in [-0.25, -0.2) is 0 Å². The summed E-state index contributed by atoms with van der Waals surface area (Å²) in [5.74, 6) is 1.10. The van der Waals surface area contributed by atoms with Crippen molar-refractivity contribution in [2.45, 2.75) is 65.1 Å². The van der Waals surface area contributed by atoms with E-state index in [-0.39, 0.29) is 17.6 Å². The average Bonchev–Trinajstić information content (AvgIpc) is 3.11. The number of nitrogens with one attached hydrogen (secondary N) is 2. The Bertz CT molecular complexity index is 979. The molecule has 0 bridgehead atoms. The Balaban J connectivity index is 1.40. The van der Waals surface area contributed by atoms with Gasteiger partial charge in [-0.2, -0.15) is 13.2 Å². The zero-order chi connectivity index (χ0) is 24.0. The fourth-order valence-corrected chi connectivity index (χ4v) is 5.35. The standard InChI is InChI=1S/C26H38F3N3O/c1-24(2,15-30-25(3,4)16-33)8-10-32-9-7-17-12-23-20(11-18(17)14-32)21-13-19(26(27,28)29)5-6-22(21)31-23/h5-6,13,17-18,30-31,33H,7-12,14-16H2,1-4H3/t17-,18+/m1/s1. The minimum absolute atomic E-state index is 0.110. The number of halogens is 3. The highest BCUT2D eigenvalue weighted by atomic mass is 19.4.